The number of hydrogen-bond acceptors (Lipinski definition) is 4. The van der Waals surface area contributed by atoms with E-state index in [0.29, 0.717) is 12.2 Å². The molecule has 0 aliphatic rings. The van der Waals surface area contributed by atoms with Crippen molar-refractivity contribution in [3.63, 3.8) is 0 Å². The summed E-state index contributed by atoms with van der Waals surface area (Å²) in [7, 11) is 1.64. The van der Waals surface area contributed by atoms with Gasteiger partial charge in [-0.05, 0) is 17.7 Å². The molecule has 0 atom stereocenters. The number of Topliss-reactive ketones (excluding diaryl/α,β-unsaturated/α-hetero) is 1. The Bertz CT molecular complexity index is 594. The van der Waals surface area contributed by atoms with Crippen LogP contribution in [0.15, 0.2) is 30.5 Å². The van der Waals surface area contributed by atoms with Gasteiger partial charge in [0.2, 0.25) is 0 Å². The van der Waals surface area contributed by atoms with Crippen LogP contribution in [0.4, 0.5) is 0 Å². The number of nitrogens with zero attached hydrogens (tertiary/aromatic N) is 3. The molecule has 0 N–H and O–H groups in total. The fourth-order valence-electron chi connectivity index (χ4n) is 1.78. The van der Waals surface area contributed by atoms with Crippen LogP contribution < -0.4 is 4.74 Å². The lowest BCUT2D eigenvalue weighted by Gasteiger charge is -2.13. The average Bonchev–Trinajstić information content (AvgIpc) is 2.86. The molecule has 0 unspecified atom stereocenters. The Balaban J connectivity index is 2.11. The number of ether oxygens (including phenoxy) is 1. The first-order valence-electron chi connectivity index (χ1n) is 6.48. The molecule has 0 amide bonds. The van der Waals surface area contributed by atoms with E-state index in [-0.39, 0.29) is 5.78 Å². The van der Waals surface area contributed by atoms with Crippen LogP contribution in [-0.4, -0.2) is 27.9 Å². The van der Waals surface area contributed by atoms with E-state index in [9.17, 15) is 4.79 Å². The first-order chi connectivity index (χ1) is 9.40. The molecule has 1 heterocycles. The minimum absolute atomic E-state index is 0.00141. The van der Waals surface area contributed by atoms with Gasteiger partial charge < -0.3 is 4.74 Å². The predicted molar refractivity (Wildman–Crippen MR) is 75.9 cm³/mol. The molecule has 1 aromatic carbocycles. The Morgan fingerprint density at radius 1 is 1.25 bits per heavy atom. The van der Waals surface area contributed by atoms with Gasteiger partial charge in [-0.1, -0.05) is 38.1 Å². The summed E-state index contributed by atoms with van der Waals surface area (Å²) < 4.78 is 6.78. The molecule has 2 rings (SSSR count). The number of rotatable bonds is 4. The lowest BCUT2D eigenvalue weighted by atomic mass is 9.89. The third kappa shape index (κ3) is 3.23. The van der Waals surface area contributed by atoms with E-state index in [1.54, 1.807) is 18.0 Å². The summed E-state index contributed by atoms with van der Waals surface area (Å²) in [6.07, 6.45) is 1.69. The van der Waals surface area contributed by atoms with E-state index in [2.05, 4.69) is 10.3 Å². The van der Waals surface area contributed by atoms with Crippen molar-refractivity contribution in [1.29, 1.82) is 0 Å². The highest BCUT2D eigenvalue weighted by Gasteiger charge is 2.25. The molecule has 1 aromatic heterocycles. The van der Waals surface area contributed by atoms with Gasteiger partial charge in [0.25, 0.3) is 0 Å². The molecule has 5 nitrogen and oxygen atoms in total. The molecule has 0 aliphatic heterocycles. The van der Waals surface area contributed by atoms with Crippen molar-refractivity contribution in [3.05, 3.63) is 41.7 Å². The zero-order valence-electron chi connectivity index (χ0n) is 12.3. The van der Waals surface area contributed by atoms with Crippen molar-refractivity contribution in [2.24, 2.45) is 5.41 Å². The highest BCUT2D eigenvalue weighted by Crippen LogP contribution is 2.19. The summed E-state index contributed by atoms with van der Waals surface area (Å²) in [5, 5.41) is 7.95. The minimum atomic E-state index is -0.443. The summed E-state index contributed by atoms with van der Waals surface area (Å²) in [5.41, 5.74) is 1.04. The van der Waals surface area contributed by atoms with E-state index in [1.165, 1.54) is 0 Å². The third-order valence-electron chi connectivity index (χ3n) is 2.96. The number of carbonyl (C=O) groups is 1. The summed E-state index contributed by atoms with van der Waals surface area (Å²) in [6.45, 7) is 6.20. The number of methoxy groups -OCH3 is 1. The van der Waals surface area contributed by atoms with Gasteiger partial charge in [0.15, 0.2) is 5.78 Å². The van der Waals surface area contributed by atoms with Gasteiger partial charge >= 0.3 is 0 Å². The standard InChI is InChI=1S/C15H19N3O2/c1-15(2,3)14(19)13-10-18(17-16-13)9-11-5-7-12(20-4)8-6-11/h5-8,10H,9H2,1-4H3. The van der Waals surface area contributed by atoms with Crippen LogP contribution in [0.2, 0.25) is 0 Å². The Labute approximate surface area is 118 Å². The molecule has 0 saturated carbocycles. The second kappa shape index (κ2) is 5.45. The smallest absolute Gasteiger partial charge is 0.190 e. The Morgan fingerprint density at radius 2 is 1.90 bits per heavy atom. The van der Waals surface area contributed by atoms with Crippen molar-refractivity contribution < 1.29 is 9.53 Å². The van der Waals surface area contributed by atoms with Gasteiger partial charge in [0, 0.05) is 5.41 Å². The number of carbonyl (C=O) groups excluding carboxylic acids is 1. The highest BCUT2D eigenvalue weighted by molar-refractivity contribution is 5.97. The van der Waals surface area contributed by atoms with E-state index in [0.717, 1.165) is 11.3 Å². The van der Waals surface area contributed by atoms with Gasteiger partial charge in [-0.3, -0.25) is 4.79 Å². The number of hydrogen-bond donors (Lipinski definition) is 0. The van der Waals surface area contributed by atoms with Gasteiger partial charge in [0.1, 0.15) is 11.4 Å². The molecule has 5 heteroatoms. The minimum Gasteiger partial charge on any atom is -0.497 e. The number of aromatic nitrogens is 3. The van der Waals surface area contributed by atoms with Crippen LogP contribution in [-0.2, 0) is 6.54 Å². The zero-order chi connectivity index (χ0) is 14.8. The lowest BCUT2D eigenvalue weighted by Crippen LogP contribution is -2.20. The Kier molecular flexibility index (Phi) is 3.88. The molecule has 2 aromatic rings. The fourth-order valence-corrected chi connectivity index (χ4v) is 1.78. The highest BCUT2D eigenvalue weighted by atomic mass is 16.5. The largest absolute Gasteiger partial charge is 0.497 e. The van der Waals surface area contributed by atoms with Crippen LogP contribution >= 0.6 is 0 Å². The molecule has 20 heavy (non-hydrogen) atoms. The van der Waals surface area contributed by atoms with Crippen molar-refractivity contribution >= 4 is 5.78 Å². The molecule has 0 spiro atoms. The van der Waals surface area contributed by atoms with E-state index < -0.39 is 5.41 Å². The summed E-state index contributed by atoms with van der Waals surface area (Å²) in [6, 6.07) is 7.72. The SMILES string of the molecule is COc1ccc(Cn2cc(C(=O)C(C)(C)C)nn2)cc1. The van der Waals surface area contributed by atoms with Crippen LogP contribution in [0.1, 0.15) is 36.8 Å². The van der Waals surface area contributed by atoms with Gasteiger partial charge in [-0.2, -0.15) is 0 Å². The topological polar surface area (TPSA) is 57.0 Å². The van der Waals surface area contributed by atoms with Crippen molar-refractivity contribution in [2.45, 2.75) is 27.3 Å². The molecule has 0 saturated heterocycles. The van der Waals surface area contributed by atoms with Crippen LogP contribution in [0.3, 0.4) is 0 Å². The zero-order valence-corrected chi connectivity index (χ0v) is 12.3. The molecule has 0 aliphatic carbocycles. The average molecular weight is 273 g/mol. The normalized spacial score (nSPS) is 11.4. The molecule has 0 bridgehead atoms. The lowest BCUT2D eigenvalue weighted by molar-refractivity contribution is 0.0853. The quantitative estimate of drug-likeness (QED) is 0.803. The van der Waals surface area contributed by atoms with E-state index in [1.807, 2.05) is 45.0 Å². The summed E-state index contributed by atoms with van der Waals surface area (Å²) in [4.78, 5) is 12.1. The van der Waals surface area contributed by atoms with E-state index in [4.69, 9.17) is 4.74 Å². The maximum atomic E-state index is 12.1. The van der Waals surface area contributed by atoms with Crippen molar-refractivity contribution in [2.75, 3.05) is 7.11 Å². The second-order valence-electron chi connectivity index (χ2n) is 5.73. The molecule has 106 valence electrons. The maximum absolute atomic E-state index is 12.1. The first-order valence-corrected chi connectivity index (χ1v) is 6.48. The van der Waals surface area contributed by atoms with Crippen LogP contribution in [0.5, 0.6) is 5.75 Å². The fraction of sp³-hybridized carbons (Fsp3) is 0.400. The Morgan fingerprint density at radius 3 is 2.45 bits per heavy atom. The van der Waals surface area contributed by atoms with Gasteiger partial charge in [-0.25, -0.2) is 4.68 Å². The summed E-state index contributed by atoms with van der Waals surface area (Å²) in [5.74, 6) is 0.814. The molecule has 0 fully saturated rings. The first kappa shape index (κ1) is 14.2. The molecular weight excluding hydrogens is 254 g/mol. The van der Waals surface area contributed by atoms with Crippen LogP contribution in [0, 0.1) is 5.41 Å². The van der Waals surface area contributed by atoms with Crippen molar-refractivity contribution in [1.82, 2.24) is 15.0 Å². The monoisotopic (exact) mass is 273 g/mol. The number of ketones is 1. The number of benzene rings is 1. The molecular formula is C15H19N3O2. The van der Waals surface area contributed by atoms with Crippen molar-refractivity contribution in [3.8, 4) is 5.75 Å². The van der Waals surface area contributed by atoms with Gasteiger partial charge in [-0.15, -0.1) is 5.10 Å². The second-order valence-corrected chi connectivity index (χ2v) is 5.73. The van der Waals surface area contributed by atoms with Gasteiger partial charge in [0.05, 0.1) is 19.9 Å². The van der Waals surface area contributed by atoms with E-state index >= 15 is 0 Å². The van der Waals surface area contributed by atoms with Crippen LogP contribution in [0.25, 0.3) is 0 Å². The Hall–Kier alpha value is -2.17. The molecule has 0 radical (unpaired) electrons. The third-order valence-corrected chi connectivity index (χ3v) is 2.96. The predicted octanol–water partition coefficient (Wildman–Crippen LogP) is 2.56. The maximum Gasteiger partial charge on any atom is 0.190 e. The summed E-state index contributed by atoms with van der Waals surface area (Å²) >= 11 is 0.